The smallest absolute Gasteiger partial charge is 0.278 e. The van der Waals surface area contributed by atoms with Crippen LogP contribution in [-0.4, -0.2) is 41.4 Å². The van der Waals surface area contributed by atoms with E-state index in [-0.39, 0.29) is 18.1 Å². The van der Waals surface area contributed by atoms with E-state index in [1.54, 1.807) is 0 Å². The van der Waals surface area contributed by atoms with Crippen molar-refractivity contribution in [2.75, 3.05) is 41.9 Å². The van der Waals surface area contributed by atoms with Crippen molar-refractivity contribution < 1.29 is 5.11 Å². The Labute approximate surface area is 140 Å². The Morgan fingerprint density at radius 2 is 1.96 bits per heavy atom. The number of nitrogens with one attached hydrogen (secondary N) is 1. The zero-order valence-electron chi connectivity index (χ0n) is 13.6. The first kappa shape index (κ1) is 16.3. The summed E-state index contributed by atoms with van der Waals surface area (Å²) in [6, 6.07) is 10.2. The van der Waals surface area contributed by atoms with E-state index in [0.717, 1.165) is 32.4 Å². The number of rotatable bonds is 7. The molecule has 2 heterocycles. The summed E-state index contributed by atoms with van der Waals surface area (Å²) < 4.78 is 0. The van der Waals surface area contributed by atoms with Crippen LogP contribution >= 0.6 is 0 Å². The van der Waals surface area contributed by atoms with Gasteiger partial charge in [-0.15, -0.1) is 0 Å². The Bertz CT molecular complexity index is 732. The normalized spacial score (nSPS) is 13.4. The summed E-state index contributed by atoms with van der Waals surface area (Å²) in [5.41, 5.74) is 7.33. The summed E-state index contributed by atoms with van der Waals surface area (Å²) in [5, 5.41) is 8.97. The average Bonchev–Trinajstić information content (AvgIpc) is 2.92. The number of fused-ring (bicyclic) bond motifs is 1. The third kappa shape index (κ3) is 3.51. The van der Waals surface area contributed by atoms with E-state index in [2.05, 4.69) is 27.0 Å². The molecule has 0 aliphatic carbocycles. The highest BCUT2D eigenvalue weighted by atomic mass is 16.2. The van der Waals surface area contributed by atoms with Gasteiger partial charge in [0.05, 0.1) is 6.67 Å². The molecule has 7 nitrogen and oxygen atoms in total. The lowest BCUT2D eigenvalue weighted by Crippen LogP contribution is -2.34. The topological polar surface area (TPSA) is 98.5 Å². The van der Waals surface area contributed by atoms with E-state index in [1.807, 2.05) is 23.1 Å². The van der Waals surface area contributed by atoms with Crippen molar-refractivity contribution in [1.82, 2.24) is 9.97 Å². The maximum Gasteiger partial charge on any atom is 0.278 e. The molecule has 0 bridgehead atoms. The molecule has 0 saturated heterocycles. The van der Waals surface area contributed by atoms with Crippen LogP contribution in [0.4, 0.5) is 17.5 Å². The quantitative estimate of drug-likeness (QED) is 0.654. The number of aliphatic hydroxyl groups is 1. The Kier molecular flexibility index (Phi) is 5.00. The molecule has 1 aliphatic heterocycles. The van der Waals surface area contributed by atoms with Gasteiger partial charge in [-0.3, -0.25) is 9.78 Å². The van der Waals surface area contributed by atoms with Gasteiger partial charge in [0.15, 0.2) is 5.82 Å². The number of nitrogens with two attached hydrogens (primary N) is 1. The number of unbranched alkanes of at least 4 members (excludes halogenated alkanes) is 1. The van der Waals surface area contributed by atoms with Crippen molar-refractivity contribution in [1.29, 1.82) is 0 Å². The van der Waals surface area contributed by atoms with Gasteiger partial charge in [0.25, 0.3) is 5.56 Å². The minimum Gasteiger partial charge on any atom is -0.396 e. The predicted molar refractivity (Wildman–Crippen MR) is 95.3 cm³/mol. The van der Waals surface area contributed by atoms with E-state index in [1.165, 1.54) is 5.56 Å². The molecule has 0 amide bonds. The van der Waals surface area contributed by atoms with E-state index >= 15 is 0 Å². The molecular weight excluding hydrogens is 306 g/mol. The van der Waals surface area contributed by atoms with Gasteiger partial charge in [0.1, 0.15) is 5.69 Å². The maximum absolute atomic E-state index is 12.3. The fourth-order valence-electron chi connectivity index (χ4n) is 3.00. The third-order valence-electron chi connectivity index (χ3n) is 4.20. The molecule has 24 heavy (non-hydrogen) atoms. The highest BCUT2D eigenvalue weighted by molar-refractivity contribution is 5.72. The first-order valence-electron chi connectivity index (χ1n) is 8.23. The molecule has 0 spiro atoms. The predicted octanol–water partition coefficient (Wildman–Crippen LogP) is 0.951. The molecule has 0 saturated carbocycles. The van der Waals surface area contributed by atoms with Crippen LogP contribution in [0.1, 0.15) is 18.4 Å². The largest absolute Gasteiger partial charge is 0.396 e. The average molecular weight is 329 g/mol. The van der Waals surface area contributed by atoms with Gasteiger partial charge in [-0.1, -0.05) is 30.3 Å². The molecule has 2 aromatic rings. The molecule has 0 radical (unpaired) electrons. The SMILES string of the molecule is Nc1nc2c(c(=O)[nH]1)N(CCc1ccccc1)CN2CCCCO. The highest BCUT2D eigenvalue weighted by Gasteiger charge is 2.30. The third-order valence-corrected chi connectivity index (χ3v) is 4.20. The van der Waals surface area contributed by atoms with Crippen LogP contribution in [-0.2, 0) is 6.42 Å². The second kappa shape index (κ2) is 7.35. The van der Waals surface area contributed by atoms with Crippen molar-refractivity contribution >= 4 is 17.5 Å². The van der Waals surface area contributed by atoms with Gasteiger partial charge >= 0.3 is 0 Å². The highest BCUT2D eigenvalue weighted by Crippen LogP contribution is 2.31. The van der Waals surface area contributed by atoms with Gasteiger partial charge in [-0.2, -0.15) is 4.98 Å². The first-order valence-corrected chi connectivity index (χ1v) is 8.23. The molecule has 7 heteroatoms. The molecule has 3 rings (SSSR count). The molecular formula is C17H23N5O2. The van der Waals surface area contributed by atoms with Crippen molar-refractivity contribution in [3.05, 3.63) is 46.2 Å². The summed E-state index contributed by atoms with van der Waals surface area (Å²) >= 11 is 0. The van der Waals surface area contributed by atoms with Gasteiger partial charge in [-0.05, 0) is 24.8 Å². The second-order valence-corrected chi connectivity index (χ2v) is 5.96. The zero-order chi connectivity index (χ0) is 16.9. The minimum absolute atomic E-state index is 0.135. The number of hydrogen-bond acceptors (Lipinski definition) is 6. The molecule has 0 unspecified atom stereocenters. The Morgan fingerprint density at radius 1 is 1.17 bits per heavy atom. The molecule has 128 valence electrons. The Hall–Kier alpha value is -2.54. The van der Waals surface area contributed by atoms with Crippen LogP contribution in [0.25, 0.3) is 0 Å². The number of aromatic amines is 1. The fourth-order valence-corrected chi connectivity index (χ4v) is 3.00. The van der Waals surface area contributed by atoms with Crippen LogP contribution in [0.5, 0.6) is 0 Å². The van der Waals surface area contributed by atoms with Gasteiger partial charge in [0.2, 0.25) is 5.95 Å². The number of aliphatic hydroxyl groups excluding tert-OH is 1. The summed E-state index contributed by atoms with van der Waals surface area (Å²) in [7, 11) is 0. The Morgan fingerprint density at radius 3 is 2.71 bits per heavy atom. The molecule has 1 aromatic carbocycles. The van der Waals surface area contributed by atoms with Crippen molar-refractivity contribution in [3.8, 4) is 0 Å². The fraction of sp³-hybridized carbons (Fsp3) is 0.412. The minimum atomic E-state index is -0.199. The lowest BCUT2D eigenvalue weighted by molar-refractivity contribution is 0.285. The monoisotopic (exact) mass is 329 g/mol. The summed E-state index contributed by atoms with van der Waals surface area (Å²) in [6.07, 6.45) is 2.43. The van der Waals surface area contributed by atoms with E-state index < -0.39 is 0 Å². The van der Waals surface area contributed by atoms with E-state index in [0.29, 0.717) is 18.2 Å². The van der Waals surface area contributed by atoms with Gasteiger partial charge in [-0.25, -0.2) is 0 Å². The molecule has 1 aliphatic rings. The Balaban J connectivity index is 1.78. The number of anilines is 3. The van der Waals surface area contributed by atoms with Gasteiger partial charge < -0.3 is 20.6 Å². The van der Waals surface area contributed by atoms with Crippen LogP contribution < -0.4 is 21.1 Å². The number of nitrogen functional groups attached to an aromatic ring is 1. The van der Waals surface area contributed by atoms with E-state index in [9.17, 15) is 4.79 Å². The lowest BCUT2D eigenvalue weighted by atomic mass is 10.1. The number of benzene rings is 1. The molecule has 1 aromatic heterocycles. The number of nitrogens with zero attached hydrogens (tertiary/aromatic N) is 3. The first-order chi connectivity index (χ1) is 11.7. The molecule has 0 fully saturated rings. The van der Waals surface area contributed by atoms with Gasteiger partial charge in [0, 0.05) is 19.7 Å². The summed E-state index contributed by atoms with van der Waals surface area (Å²) in [6.45, 7) is 2.27. The summed E-state index contributed by atoms with van der Waals surface area (Å²) in [4.78, 5) is 23.4. The molecule has 0 atom stereocenters. The second-order valence-electron chi connectivity index (χ2n) is 5.96. The van der Waals surface area contributed by atoms with Crippen molar-refractivity contribution in [2.24, 2.45) is 0 Å². The number of aromatic nitrogens is 2. The standard InChI is InChI=1S/C17H23N5O2/c18-17-19-15-14(16(24)20-17)21(12-22(15)9-4-5-11-23)10-8-13-6-2-1-3-7-13/h1-3,6-7,23H,4-5,8-12H2,(H3,18,19,20,24). The summed E-state index contributed by atoms with van der Waals surface area (Å²) in [5.74, 6) is 0.776. The van der Waals surface area contributed by atoms with Crippen molar-refractivity contribution in [3.63, 3.8) is 0 Å². The van der Waals surface area contributed by atoms with Crippen LogP contribution in [0.15, 0.2) is 35.1 Å². The molecule has 4 N–H and O–H groups in total. The lowest BCUT2D eigenvalue weighted by Gasteiger charge is -2.20. The van der Waals surface area contributed by atoms with Crippen molar-refractivity contribution in [2.45, 2.75) is 19.3 Å². The maximum atomic E-state index is 12.3. The zero-order valence-corrected chi connectivity index (χ0v) is 13.6. The number of hydrogen-bond donors (Lipinski definition) is 3. The van der Waals surface area contributed by atoms with E-state index in [4.69, 9.17) is 10.8 Å². The number of H-pyrrole nitrogens is 1. The van der Waals surface area contributed by atoms with Crippen LogP contribution in [0.3, 0.4) is 0 Å². The van der Waals surface area contributed by atoms with Crippen LogP contribution in [0, 0.1) is 0 Å². The van der Waals surface area contributed by atoms with Crippen LogP contribution in [0.2, 0.25) is 0 Å².